The van der Waals surface area contributed by atoms with Crippen LogP contribution in [0.4, 0.5) is 26.3 Å². The van der Waals surface area contributed by atoms with Crippen molar-refractivity contribution in [2.75, 3.05) is 39.3 Å². The number of aliphatic hydroxyl groups is 2. The minimum atomic E-state index is -4.00. The number of hydrogen-bond acceptors (Lipinski definition) is 11. The Morgan fingerprint density at radius 1 is 0.580 bits per heavy atom. The minimum absolute atomic E-state index is 0.0371. The second kappa shape index (κ2) is 27.5. The van der Waals surface area contributed by atoms with Crippen molar-refractivity contribution in [2.24, 2.45) is 5.73 Å². The van der Waals surface area contributed by atoms with Crippen LogP contribution in [0.2, 0.25) is 10.0 Å². The molecule has 0 bridgehead atoms. The summed E-state index contributed by atoms with van der Waals surface area (Å²) in [4.78, 5) is 27.8. The predicted octanol–water partition coefficient (Wildman–Crippen LogP) is 12.4. The topological polar surface area (TPSA) is 176 Å². The molecule has 0 spiro atoms. The Labute approximate surface area is 475 Å². The molecule has 2 saturated carbocycles. The molecule has 81 heavy (non-hydrogen) atoms. The van der Waals surface area contributed by atoms with Gasteiger partial charge in [0.1, 0.15) is 52.2 Å². The number of nitrogens with zero attached hydrogens (tertiary/aromatic N) is 2. The number of nitrogens with two attached hydrogens (primary N) is 1. The van der Waals surface area contributed by atoms with Crippen LogP contribution in [-0.2, 0) is 21.4 Å². The van der Waals surface area contributed by atoms with Gasteiger partial charge in [0.05, 0.1) is 34.4 Å². The maximum absolute atomic E-state index is 15.5. The number of ether oxygens (including phenoxy) is 4. The number of aliphatic hydroxyl groups excluding tert-OH is 2. The minimum Gasteiger partial charge on any atom is -0.489 e. The summed E-state index contributed by atoms with van der Waals surface area (Å²) in [5.74, 6) is -10.8. The lowest BCUT2D eigenvalue weighted by molar-refractivity contribution is -0.166. The lowest BCUT2D eigenvalue weighted by Gasteiger charge is -2.30. The summed E-state index contributed by atoms with van der Waals surface area (Å²) in [6.07, 6.45) is 6.93. The zero-order valence-corrected chi connectivity index (χ0v) is 45.4. The number of carboxylic acid groups (broad SMARTS) is 1. The first-order chi connectivity index (χ1) is 38.7. The Hall–Kier alpha value is -6.58. The van der Waals surface area contributed by atoms with E-state index in [0.29, 0.717) is 33.2 Å². The van der Waals surface area contributed by atoms with Gasteiger partial charge in [-0.15, -0.1) is 0 Å². The molecule has 4 atom stereocenters. The first-order valence-corrected chi connectivity index (χ1v) is 27.3. The lowest BCUT2D eigenvalue weighted by Crippen LogP contribution is -2.50. The highest BCUT2D eigenvalue weighted by Crippen LogP contribution is 2.38. The summed E-state index contributed by atoms with van der Waals surface area (Å²) in [5.41, 5.74) is 6.02. The van der Waals surface area contributed by atoms with Gasteiger partial charge in [-0.25, -0.2) is 13.6 Å². The van der Waals surface area contributed by atoms with E-state index in [1.165, 1.54) is 73.5 Å². The van der Waals surface area contributed by atoms with Crippen molar-refractivity contribution < 1.29 is 70.2 Å². The van der Waals surface area contributed by atoms with E-state index in [9.17, 15) is 37.4 Å². The summed E-state index contributed by atoms with van der Waals surface area (Å²) in [7, 11) is 0. The number of halogens is 8. The fourth-order valence-corrected chi connectivity index (χ4v) is 9.40. The SMILES string of the molecule is N[C@H](CN1CCCC1)C(O)c1ccc(OC2CC2)c(Cl)c1.O=C(N[C@H](CN1CCCC1)[C@H](O)c1ccc(OC2CC2)c(Cl)c1)C(F)(F)c1cccc(Oc2ccc(F)cc2)c1.O=C(O)C(F)(F)c1cccc(Oc2ccc(F)cc2)c1. The molecule has 2 aliphatic carbocycles. The molecule has 13 nitrogen and oxygen atoms in total. The van der Waals surface area contributed by atoms with Gasteiger partial charge in [-0.3, -0.25) is 4.79 Å². The summed E-state index contributed by atoms with van der Waals surface area (Å²) < 4.78 is 106. The summed E-state index contributed by atoms with van der Waals surface area (Å²) in [6, 6.07) is 28.6. The number of nitrogens with one attached hydrogen (secondary N) is 1. The normalized spacial score (nSPS) is 17.1. The molecule has 0 radical (unpaired) electrons. The van der Waals surface area contributed by atoms with E-state index in [1.54, 1.807) is 24.3 Å². The number of likely N-dealkylation sites (tertiary alicyclic amines) is 2. The first-order valence-electron chi connectivity index (χ1n) is 26.6. The van der Waals surface area contributed by atoms with E-state index in [1.807, 2.05) is 17.0 Å². The fourth-order valence-electron chi connectivity index (χ4n) is 8.94. The Bertz CT molecular complexity index is 3060. The van der Waals surface area contributed by atoms with Crippen molar-refractivity contribution in [3.63, 3.8) is 0 Å². The number of carbonyl (C=O) groups excluding carboxylic acids is 1. The average Bonchev–Trinajstić information content (AvgIpc) is 4.39. The number of rotatable bonds is 21. The van der Waals surface area contributed by atoms with Gasteiger partial charge >= 0.3 is 17.8 Å². The van der Waals surface area contributed by atoms with E-state index in [-0.39, 0.29) is 41.7 Å². The standard InChI is InChI=1S/C30H30ClF3N2O4.C16H23ClN2O2.C14H9F3O3/c31-25-16-19(6-13-27(25)40-23-11-12-23)28(37)26(18-36-14-1-2-15-36)35-29(38)30(33,34)20-4-3-5-24(17-20)39-22-9-7-21(32)8-10-22;17-13-9-11(3-6-15(13)21-12-4-5-12)16(20)14(18)10-19-7-1-2-8-19;15-10-4-6-11(7-5-10)20-12-3-1-2-9(8-12)14(16,17)13(18)19/h3-10,13,16-17,23,26,28,37H,1-2,11-12,14-15,18H2,(H,35,38);3,6,9,12,14,16,20H,1-2,4-5,7-8,10,18H2;1-8H,(H,18,19)/t26-,28-;14-,16?;/m11./s1. The zero-order valence-electron chi connectivity index (χ0n) is 43.9. The van der Waals surface area contributed by atoms with Gasteiger partial charge in [-0.1, -0.05) is 59.6 Å². The van der Waals surface area contributed by atoms with E-state index < -0.39 is 64.7 Å². The van der Waals surface area contributed by atoms with Gasteiger partial charge < -0.3 is 55.1 Å². The molecular formula is C60H62Cl2F6N4O9. The van der Waals surface area contributed by atoms with E-state index >= 15 is 8.78 Å². The van der Waals surface area contributed by atoms with Crippen LogP contribution in [0.5, 0.6) is 34.5 Å². The van der Waals surface area contributed by atoms with Crippen molar-refractivity contribution in [1.29, 1.82) is 0 Å². The third kappa shape index (κ3) is 17.2. The third-order valence-electron chi connectivity index (χ3n) is 13.7. The van der Waals surface area contributed by atoms with Gasteiger partial charge in [0, 0.05) is 30.3 Å². The molecule has 432 valence electrons. The molecule has 10 rings (SSSR count). The Balaban J connectivity index is 0.000000176. The molecule has 2 saturated heterocycles. The molecule has 6 aromatic rings. The van der Waals surface area contributed by atoms with Gasteiger partial charge in [0.25, 0.3) is 5.91 Å². The van der Waals surface area contributed by atoms with Crippen molar-refractivity contribution in [3.05, 3.63) is 177 Å². The van der Waals surface area contributed by atoms with E-state index in [2.05, 4.69) is 10.2 Å². The molecule has 0 aromatic heterocycles. The van der Waals surface area contributed by atoms with E-state index in [0.717, 1.165) is 113 Å². The highest BCUT2D eigenvalue weighted by atomic mass is 35.5. The van der Waals surface area contributed by atoms with Crippen molar-refractivity contribution in [2.45, 2.75) is 99.7 Å². The summed E-state index contributed by atoms with van der Waals surface area (Å²) in [5, 5.41) is 33.4. The number of alkyl halides is 4. The number of hydrogen-bond donors (Lipinski definition) is 5. The monoisotopic (exact) mass is 1170 g/mol. The van der Waals surface area contributed by atoms with Crippen LogP contribution in [0.3, 0.4) is 0 Å². The number of benzene rings is 6. The average molecular weight is 1170 g/mol. The zero-order chi connectivity index (χ0) is 57.8. The van der Waals surface area contributed by atoms with Crippen molar-refractivity contribution >= 4 is 35.1 Å². The van der Waals surface area contributed by atoms with Crippen LogP contribution in [0.1, 0.15) is 85.8 Å². The third-order valence-corrected chi connectivity index (χ3v) is 14.3. The van der Waals surface area contributed by atoms with Crippen molar-refractivity contribution in [1.82, 2.24) is 15.1 Å². The van der Waals surface area contributed by atoms with Gasteiger partial charge in [0.15, 0.2) is 0 Å². The molecular weight excluding hydrogens is 1110 g/mol. The number of amides is 1. The Morgan fingerprint density at radius 3 is 1.42 bits per heavy atom. The smallest absolute Gasteiger partial charge is 0.379 e. The van der Waals surface area contributed by atoms with Gasteiger partial charge in [-0.2, -0.15) is 17.6 Å². The second-order valence-electron chi connectivity index (χ2n) is 20.3. The molecule has 6 N–H and O–H groups in total. The maximum atomic E-state index is 15.5. The lowest BCUT2D eigenvalue weighted by atomic mass is 10.00. The van der Waals surface area contributed by atoms with Crippen LogP contribution >= 0.6 is 23.2 Å². The second-order valence-corrected chi connectivity index (χ2v) is 21.1. The van der Waals surface area contributed by atoms with Crippen molar-refractivity contribution in [3.8, 4) is 34.5 Å². The number of aliphatic carboxylic acids is 1. The number of carbonyl (C=O) groups is 2. The first kappa shape index (κ1) is 60.5. The van der Waals surface area contributed by atoms with Crippen LogP contribution < -0.4 is 30.0 Å². The molecule has 6 aromatic carbocycles. The molecule has 4 fully saturated rings. The Morgan fingerprint density at radius 2 is 1.00 bits per heavy atom. The van der Waals surface area contributed by atoms with Gasteiger partial charge in [0.2, 0.25) is 0 Å². The highest BCUT2D eigenvalue weighted by Gasteiger charge is 2.44. The Kier molecular flexibility index (Phi) is 20.5. The quantitative estimate of drug-likeness (QED) is 0.0432. The van der Waals surface area contributed by atoms with E-state index in [4.69, 9.17) is 53.0 Å². The molecule has 21 heteroatoms. The summed E-state index contributed by atoms with van der Waals surface area (Å²) >= 11 is 12.6. The van der Waals surface area contributed by atoms with Crippen LogP contribution in [0.25, 0.3) is 0 Å². The largest absolute Gasteiger partial charge is 0.489 e. The highest BCUT2D eigenvalue weighted by molar-refractivity contribution is 6.32. The predicted molar refractivity (Wildman–Crippen MR) is 293 cm³/mol. The number of carboxylic acids is 1. The maximum Gasteiger partial charge on any atom is 0.379 e. The fraction of sp³-hybridized carbons (Fsp3) is 0.367. The molecule has 2 aliphatic heterocycles. The molecule has 1 amide bonds. The molecule has 2 heterocycles. The van der Waals surface area contributed by atoms with Gasteiger partial charge in [-0.05, 0) is 186 Å². The van der Waals surface area contributed by atoms with Crippen LogP contribution in [-0.4, -0.2) is 101 Å². The summed E-state index contributed by atoms with van der Waals surface area (Å²) in [6.45, 7) is 4.55. The van der Waals surface area contributed by atoms with Crippen LogP contribution in [0.15, 0.2) is 133 Å². The molecule has 1 unspecified atom stereocenters. The van der Waals surface area contributed by atoms with Crippen LogP contribution in [0, 0.1) is 11.6 Å². The molecule has 4 aliphatic rings.